The van der Waals surface area contributed by atoms with Gasteiger partial charge < -0.3 is 0 Å². The quantitative estimate of drug-likeness (QED) is 0.0346. The Morgan fingerprint density at radius 2 is 0.222 bits per heavy atom. The zero-order valence-electron chi connectivity index (χ0n) is 63.4. The first kappa shape index (κ1) is 93.8. The molecule has 537 valence electrons. The van der Waals surface area contributed by atoms with Crippen LogP contribution in [-0.2, 0) is 18.1 Å². The van der Waals surface area contributed by atoms with E-state index >= 15 is 0 Å². The molecule has 6 heteroatoms. The summed E-state index contributed by atoms with van der Waals surface area (Å²) in [6.07, 6.45) is 109. The Balaban J connectivity index is 0. The molecule has 0 aliphatic rings. The van der Waals surface area contributed by atoms with Gasteiger partial charge in [0.25, 0.3) is 0 Å². The van der Waals surface area contributed by atoms with Gasteiger partial charge in [-0.25, -0.2) is 4.57 Å². The van der Waals surface area contributed by atoms with Gasteiger partial charge in [0.2, 0.25) is 0 Å². The molecular weight excluding hydrogens is 1140 g/mol. The number of phosphoric acid groups is 1. The van der Waals surface area contributed by atoms with Crippen LogP contribution in [0, 0.1) is 0 Å². The molecule has 0 aromatic rings. The van der Waals surface area contributed by atoms with Crippen LogP contribution in [0.2, 0.25) is 0 Å². The van der Waals surface area contributed by atoms with Gasteiger partial charge in [0.05, 0.1) is 19.8 Å². The van der Waals surface area contributed by atoms with Gasteiger partial charge in [0.1, 0.15) is 0 Å². The van der Waals surface area contributed by atoms with Crippen molar-refractivity contribution >= 4 is 59.2 Å². The molecule has 4 nitrogen and oxygen atoms in total. The van der Waals surface area contributed by atoms with Crippen LogP contribution >= 0.6 is 7.82 Å². The Kier molecular flexibility index (Phi) is 90.5. The number of rotatable bonds is 84. The van der Waals surface area contributed by atoms with E-state index in [2.05, 4.69) is 20.8 Å². The van der Waals surface area contributed by atoms with Crippen LogP contribution in [0.25, 0.3) is 0 Å². The van der Waals surface area contributed by atoms with Crippen molar-refractivity contribution < 1.29 is 18.1 Å². The second-order valence-electron chi connectivity index (χ2n) is 29.5. The van der Waals surface area contributed by atoms with Gasteiger partial charge in [0, 0.05) is 51.4 Å². The molecule has 90 heavy (non-hydrogen) atoms. The van der Waals surface area contributed by atoms with Gasteiger partial charge in [0.15, 0.2) is 0 Å². The van der Waals surface area contributed by atoms with E-state index in [1.54, 1.807) is 0 Å². The maximum Gasteiger partial charge on any atom is 0.474 e. The second-order valence-corrected chi connectivity index (χ2v) is 31.1. The molecule has 0 fully saturated rings. The van der Waals surface area contributed by atoms with E-state index in [4.69, 9.17) is 13.6 Å². The van der Waals surface area contributed by atoms with Gasteiger partial charge >= 0.3 is 7.82 Å². The zero-order chi connectivity index (χ0) is 63.9. The van der Waals surface area contributed by atoms with Gasteiger partial charge in [-0.3, -0.25) is 13.6 Å². The normalized spacial score (nSPS) is 11.9. The van der Waals surface area contributed by atoms with Crippen LogP contribution in [0.3, 0.4) is 0 Å². The van der Waals surface area contributed by atoms with E-state index in [0.717, 1.165) is 38.5 Å². The zero-order valence-corrected chi connectivity index (χ0v) is 67.4. The van der Waals surface area contributed by atoms with Crippen molar-refractivity contribution in [2.24, 2.45) is 0 Å². The van der Waals surface area contributed by atoms with Crippen molar-refractivity contribution in [3.8, 4) is 0 Å². The standard InChI is InChI=1S/C84H171O4P.K/c1-4-7-10-13-16-19-22-25-28-31-34-37-40-43-46-49-52-55-58-61-64-67-70-73-76-79-82-86-89(85,87-83-80-77-74-71-68-65-62-59-56-53-50-47-44-41-38-35-32-29-26-23-20-17-14-11-8-5-2)88-84-81-78-75-72-69-66-63-60-57-54-51-48-45-42-39-36-33-30-27-24-21-18-15-12-9-6-3;/h4-84H2,1-3H3;. The molecule has 1 radical (unpaired) electrons. The first-order valence-electron chi connectivity index (χ1n) is 42.7. The third-order valence-electron chi connectivity index (χ3n) is 20.2. The average molecular weight is 1320 g/mol. The second kappa shape index (κ2) is 86.8. The minimum absolute atomic E-state index is 0. The Morgan fingerprint density at radius 3 is 0.311 bits per heavy atom. The van der Waals surface area contributed by atoms with Crippen molar-refractivity contribution in [1.82, 2.24) is 0 Å². The predicted molar refractivity (Wildman–Crippen MR) is 408 cm³/mol. The van der Waals surface area contributed by atoms with E-state index in [1.165, 1.54) is 462 Å². The summed E-state index contributed by atoms with van der Waals surface area (Å²) in [6, 6.07) is 0. The summed E-state index contributed by atoms with van der Waals surface area (Å²) in [4.78, 5) is 0. The van der Waals surface area contributed by atoms with E-state index in [0.29, 0.717) is 19.8 Å². The summed E-state index contributed by atoms with van der Waals surface area (Å²) in [7, 11) is -3.52. The molecule has 0 amide bonds. The largest absolute Gasteiger partial charge is 0.474 e. The minimum atomic E-state index is -3.52. The van der Waals surface area contributed by atoms with Gasteiger partial charge in [-0.05, 0) is 19.3 Å². The molecule has 0 unspecified atom stereocenters. The molecule has 0 bridgehead atoms. The molecule has 0 aliphatic heterocycles. The Bertz CT molecular complexity index is 1120. The van der Waals surface area contributed by atoms with E-state index in [1.807, 2.05) is 0 Å². The first-order valence-corrected chi connectivity index (χ1v) is 44.2. The summed E-state index contributed by atoms with van der Waals surface area (Å²) in [5, 5.41) is 0. The molecule has 0 rings (SSSR count). The fourth-order valence-electron chi connectivity index (χ4n) is 13.9. The van der Waals surface area contributed by atoms with Crippen LogP contribution in [0.4, 0.5) is 0 Å². The molecule has 0 N–H and O–H groups in total. The molecule has 0 saturated heterocycles. The third-order valence-corrected chi connectivity index (χ3v) is 21.7. The summed E-state index contributed by atoms with van der Waals surface area (Å²) in [6.45, 7) is 8.38. The molecule has 0 atom stereocenters. The Morgan fingerprint density at radius 1 is 0.144 bits per heavy atom. The number of hydrogen-bond acceptors (Lipinski definition) is 4. The molecule has 0 aromatic carbocycles. The molecule has 0 spiro atoms. The van der Waals surface area contributed by atoms with Crippen LogP contribution in [0.15, 0.2) is 0 Å². The van der Waals surface area contributed by atoms with Crippen molar-refractivity contribution in [3.63, 3.8) is 0 Å². The van der Waals surface area contributed by atoms with Crippen LogP contribution in [0.5, 0.6) is 0 Å². The smallest absolute Gasteiger partial charge is 0.287 e. The van der Waals surface area contributed by atoms with Crippen LogP contribution in [-0.4, -0.2) is 71.2 Å². The van der Waals surface area contributed by atoms with Crippen molar-refractivity contribution in [1.29, 1.82) is 0 Å². The van der Waals surface area contributed by atoms with Crippen molar-refractivity contribution in [2.45, 2.75) is 522 Å². The number of hydrogen-bond donors (Lipinski definition) is 0. The van der Waals surface area contributed by atoms with Crippen LogP contribution < -0.4 is 0 Å². The van der Waals surface area contributed by atoms with Gasteiger partial charge in [-0.2, -0.15) is 0 Å². The maximum atomic E-state index is 13.9. The first-order chi connectivity index (χ1) is 44.2. The van der Waals surface area contributed by atoms with Crippen LogP contribution in [0.1, 0.15) is 522 Å². The van der Waals surface area contributed by atoms with E-state index in [9.17, 15) is 4.57 Å². The van der Waals surface area contributed by atoms with E-state index < -0.39 is 7.82 Å². The summed E-state index contributed by atoms with van der Waals surface area (Å²) < 4.78 is 31.9. The minimum Gasteiger partial charge on any atom is -0.287 e. The fourth-order valence-corrected chi connectivity index (χ4v) is 15.2. The number of unbranched alkanes of at least 4 members (excludes halogenated alkanes) is 75. The fraction of sp³-hybridized carbons (Fsp3) is 1.00. The SMILES string of the molecule is CCCCCCCCCCCCCCCCCCCCCCCCCCCCOP(=O)(OCCCCCCCCCCCCCCCCCCCCCCCCCCCC)OCCCCCCCCCCCCCCCCCCCCCCCCCCCC.[K]. The third kappa shape index (κ3) is 84.0. The Hall–Kier alpha value is 1.75. The molecule has 0 aromatic heterocycles. The van der Waals surface area contributed by atoms with E-state index in [-0.39, 0.29) is 51.4 Å². The van der Waals surface area contributed by atoms with Crippen molar-refractivity contribution in [2.75, 3.05) is 19.8 Å². The Labute approximate surface area is 613 Å². The van der Waals surface area contributed by atoms with Gasteiger partial charge in [-0.15, -0.1) is 0 Å². The summed E-state index contributed by atoms with van der Waals surface area (Å²) in [5.74, 6) is 0. The van der Waals surface area contributed by atoms with Crippen molar-refractivity contribution in [3.05, 3.63) is 0 Å². The predicted octanol–water partition coefficient (Wildman–Crippen LogP) is 32.3. The summed E-state index contributed by atoms with van der Waals surface area (Å²) >= 11 is 0. The molecule has 0 heterocycles. The average Bonchev–Trinajstić information content (AvgIpc) is 3.73. The number of phosphoric ester groups is 1. The molecule has 0 aliphatic carbocycles. The molecule has 0 saturated carbocycles. The van der Waals surface area contributed by atoms with Gasteiger partial charge in [-0.1, -0.05) is 502 Å². The maximum absolute atomic E-state index is 13.9. The molecular formula is C84H171KO4P. The topological polar surface area (TPSA) is 44.8 Å². The summed E-state index contributed by atoms with van der Waals surface area (Å²) in [5.41, 5.74) is 0. The monoisotopic (exact) mass is 1310 g/mol.